The summed E-state index contributed by atoms with van der Waals surface area (Å²) in [5.41, 5.74) is 7.76. The van der Waals surface area contributed by atoms with Crippen LogP contribution in [0.25, 0.3) is 10.9 Å². The molecule has 0 bridgehead atoms. The Bertz CT molecular complexity index is 536. The molecule has 1 aromatic carbocycles. The third-order valence-corrected chi connectivity index (χ3v) is 3.14. The van der Waals surface area contributed by atoms with Crippen molar-refractivity contribution in [3.63, 3.8) is 0 Å². The number of methoxy groups -OCH3 is 1. The van der Waals surface area contributed by atoms with Crippen LogP contribution < -0.4 is 11.1 Å². The van der Waals surface area contributed by atoms with Crippen molar-refractivity contribution >= 4 is 16.7 Å². The second-order valence-electron chi connectivity index (χ2n) is 4.72. The third-order valence-electron chi connectivity index (χ3n) is 3.14. The van der Waals surface area contributed by atoms with Gasteiger partial charge in [0.15, 0.2) is 0 Å². The lowest BCUT2D eigenvalue weighted by Gasteiger charge is -2.19. The van der Waals surface area contributed by atoms with E-state index in [1.165, 1.54) is 0 Å². The van der Waals surface area contributed by atoms with Crippen molar-refractivity contribution in [3.05, 3.63) is 35.9 Å². The quantitative estimate of drug-likeness (QED) is 0.836. The molecule has 4 heteroatoms. The van der Waals surface area contributed by atoms with Crippen molar-refractivity contribution in [2.45, 2.75) is 19.4 Å². The number of anilines is 1. The second kappa shape index (κ2) is 6.50. The van der Waals surface area contributed by atoms with Crippen LogP contribution in [0, 0.1) is 6.92 Å². The predicted octanol–water partition coefficient (Wildman–Crippen LogP) is 2.32. The number of nitrogens with one attached hydrogen (secondary N) is 1. The molecule has 0 radical (unpaired) electrons. The average Bonchev–Trinajstić information content (AvgIpc) is 2.40. The topological polar surface area (TPSA) is 60.2 Å². The minimum absolute atomic E-state index is 0.197. The molecule has 0 aliphatic carbocycles. The summed E-state index contributed by atoms with van der Waals surface area (Å²) in [7, 11) is 1.70. The molecule has 4 nitrogen and oxygen atoms in total. The van der Waals surface area contributed by atoms with Crippen molar-refractivity contribution in [3.8, 4) is 0 Å². The first kappa shape index (κ1) is 13.8. The molecule has 3 N–H and O–H groups in total. The van der Waals surface area contributed by atoms with Crippen molar-refractivity contribution in [2.24, 2.45) is 5.73 Å². The van der Waals surface area contributed by atoms with Crippen LogP contribution in [-0.2, 0) is 4.74 Å². The van der Waals surface area contributed by atoms with Crippen LogP contribution in [0.2, 0.25) is 0 Å². The molecule has 1 unspecified atom stereocenters. The Balaban J connectivity index is 2.25. The van der Waals surface area contributed by atoms with E-state index in [2.05, 4.69) is 29.4 Å². The highest BCUT2D eigenvalue weighted by molar-refractivity contribution is 5.81. The first-order valence-corrected chi connectivity index (χ1v) is 6.56. The number of benzene rings is 1. The summed E-state index contributed by atoms with van der Waals surface area (Å²) in [6, 6.07) is 10.5. The van der Waals surface area contributed by atoms with Crippen molar-refractivity contribution in [1.82, 2.24) is 4.98 Å². The number of nitrogens with zero attached hydrogens (tertiary/aromatic N) is 1. The fraction of sp³-hybridized carbons (Fsp3) is 0.400. The number of hydrogen-bond donors (Lipinski definition) is 2. The Morgan fingerprint density at radius 2 is 2.16 bits per heavy atom. The largest absolute Gasteiger partial charge is 0.383 e. The van der Waals surface area contributed by atoms with Gasteiger partial charge in [0.05, 0.1) is 18.2 Å². The lowest BCUT2D eigenvalue weighted by Crippen LogP contribution is -2.28. The fourth-order valence-electron chi connectivity index (χ4n) is 2.16. The first-order chi connectivity index (χ1) is 9.24. The molecule has 19 heavy (non-hydrogen) atoms. The summed E-state index contributed by atoms with van der Waals surface area (Å²) in [6.07, 6.45) is 0.863. The van der Waals surface area contributed by atoms with Gasteiger partial charge >= 0.3 is 0 Å². The molecule has 0 spiro atoms. The molecule has 102 valence electrons. The van der Waals surface area contributed by atoms with Gasteiger partial charge in [-0.05, 0) is 37.6 Å². The van der Waals surface area contributed by atoms with E-state index in [-0.39, 0.29) is 6.04 Å². The fourth-order valence-corrected chi connectivity index (χ4v) is 2.16. The number of ether oxygens (including phenoxy) is 1. The first-order valence-electron chi connectivity index (χ1n) is 6.56. The zero-order chi connectivity index (χ0) is 13.7. The third kappa shape index (κ3) is 3.43. The van der Waals surface area contributed by atoms with Gasteiger partial charge in [-0.3, -0.25) is 0 Å². The number of fused-ring (bicyclic) bond motifs is 1. The van der Waals surface area contributed by atoms with Gasteiger partial charge in [0.25, 0.3) is 0 Å². The van der Waals surface area contributed by atoms with Gasteiger partial charge in [0, 0.05) is 12.5 Å². The number of hydrogen-bond acceptors (Lipinski definition) is 4. The van der Waals surface area contributed by atoms with Gasteiger partial charge in [-0.2, -0.15) is 0 Å². The van der Waals surface area contributed by atoms with Gasteiger partial charge in [0.1, 0.15) is 5.82 Å². The van der Waals surface area contributed by atoms with Crippen LogP contribution in [0.3, 0.4) is 0 Å². The highest BCUT2D eigenvalue weighted by atomic mass is 16.5. The van der Waals surface area contributed by atoms with Crippen molar-refractivity contribution in [1.29, 1.82) is 0 Å². The van der Waals surface area contributed by atoms with Crippen LogP contribution in [0.4, 0.5) is 5.82 Å². The SMILES string of the molecule is COCC(CCN)Nc1nc2ccccc2cc1C. The van der Waals surface area contributed by atoms with E-state index < -0.39 is 0 Å². The predicted molar refractivity (Wildman–Crippen MR) is 79.4 cm³/mol. The molecule has 0 saturated carbocycles. The van der Waals surface area contributed by atoms with E-state index >= 15 is 0 Å². The molecule has 1 heterocycles. The molecule has 0 aliphatic rings. The molecule has 0 aliphatic heterocycles. The van der Waals surface area contributed by atoms with Crippen molar-refractivity contribution in [2.75, 3.05) is 25.6 Å². The van der Waals surface area contributed by atoms with E-state index in [1.54, 1.807) is 7.11 Å². The molecule has 0 fully saturated rings. The van der Waals surface area contributed by atoms with Gasteiger partial charge in [-0.1, -0.05) is 18.2 Å². The highest BCUT2D eigenvalue weighted by Gasteiger charge is 2.10. The molecular weight excluding hydrogens is 238 g/mol. The Labute approximate surface area is 114 Å². The molecule has 1 aromatic heterocycles. The van der Waals surface area contributed by atoms with E-state index in [9.17, 15) is 0 Å². The van der Waals surface area contributed by atoms with E-state index in [1.807, 2.05) is 18.2 Å². The molecule has 0 saturated heterocycles. The average molecular weight is 259 g/mol. The summed E-state index contributed by atoms with van der Waals surface area (Å²) >= 11 is 0. The number of nitrogens with two attached hydrogens (primary N) is 1. The Hall–Kier alpha value is -1.65. The maximum atomic E-state index is 5.63. The van der Waals surface area contributed by atoms with Crippen molar-refractivity contribution < 1.29 is 4.74 Å². The lowest BCUT2D eigenvalue weighted by molar-refractivity contribution is 0.183. The summed E-state index contributed by atoms with van der Waals surface area (Å²) in [4.78, 5) is 4.67. The zero-order valence-electron chi connectivity index (χ0n) is 11.5. The number of pyridine rings is 1. The maximum Gasteiger partial charge on any atom is 0.129 e. The smallest absolute Gasteiger partial charge is 0.129 e. The number of aromatic nitrogens is 1. The van der Waals surface area contributed by atoms with E-state index in [0.717, 1.165) is 28.7 Å². The van der Waals surface area contributed by atoms with E-state index in [0.29, 0.717) is 13.2 Å². The molecule has 1 atom stereocenters. The van der Waals surface area contributed by atoms with E-state index in [4.69, 9.17) is 10.5 Å². The molecular formula is C15H21N3O. The van der Waals surface area contributed by atoms with Crippen LogP contribution in [0.1, 0.15) is 12.0 Å². The Kier molecular flexibility index (Phi) is 4.71. The monoisotopic (exact) mass is 259 g/mol. The summed E-state index contributed by atoms with van der Waals surface area (Å²) in [5.74, 6) is 0.911. The number of para-hydroxylation sites is 1. The summed E-state index contributed by atoms with van der Waals surface area (Å²) in [6.45, 7) is 3.33. The minimum Gasteiger partial charge on any atom is -0.383 e. The summed E-state index contributed by atoms with van der Waals surface area (Å²) in [5, 5.41) is 4.59. The summed E-state index contributed by atoms with van der Waals surface area (Å²) < 4.78 is 5.21. The van der Waals surface area contributed by atoms with Gasteiger partial charge in [-0.15, -0.1) is 0 Å². The highest BCUT2D eigenvalue weighted by Crippen LogP contribution is 2.20. The van der Waals surface area contributed by atoms with Gasteiger partial charge in [0.2, 0.25) is 0 Å². The number of rotatable bonds is 6. The molecule has 2 aromatic rings. The van der Waals surface area contributed by atoms with Gasteiger partial charge in [-0.25, -0.2) is 4.98 Å². The zero-order valence-corrected chi connectivity index (χ0v) is 11.5. The second-order valence-corrected chi connectivity index (χ2v) is 4.72. The van der Waals surface area contributed by atoms with Crippen LogP contribution in [0.5, 0.6) is 0 Å². The molecule has 0 amide bonds. The van der Waals surface area contributed by atoms with Gasteiger partial charge < -0.3 is 15.8 Å². The van der Waals surface area contributed by atoms with Crippen LogP contribution >= 0.6 is 0 Å². The lowest BCUT2D eigenvalue weighted by atomic mass is 10.1. The maximum absolute atomic E-state index is 5.63. The Morgan fingerprint density at radius 1 is 1.37 bits per heavy atom. The molecule has 2 rings (SSSR count). The standard InChI is InChI=1S/C15H21N3O/c1-11-9-12-5-3-4-6-14(12)18-15(11)17-13(7-8-16)10-19-2/h3-6,9,13H,7-8,10,16H2,1-2H3,(H,17,18). The van der Waals surface area contributed by atoms with Crippen LogP contribution in [-0.4, -0.2) is 31.3 Å². The number of aryl methyl sites for hydroxylation is 1. The normalized spacial score (nSPS) is 12.6. The Morgan fingerprint density at radius 3 is 2.89 bits per heavy atom. The minimum atomic E-state index is 0.197. The van der Waals surface area contributed by atoms with Crippen LogP contribution in [0.15, 0.2) is 30.3 Å².